The standard InChI is InChI=1S/C10H10IN3/c11-10-12-8-14(13-10)7-6-9-4-2-1-3-5-9/h1-5,8H,6-7H2. The fourth-order valence-electron chi connectivity index (χ4n) is 1.27. The number of aromatic nitrogens is 3. The fraction of sp³-hybridized carbons (Fsp3) is 0.200. The van der Waals surface area contributed by atoms with E-state index in [-0.39, 0.29) is 0 Å². The molecule has 0 saturated heterocycles. The summed E-state index contributed by atoms with van der Waals surface area (Å²) in [5.41, 5.74) is 1.33. The summed E-state index contributed by atoms with van der Waals surface area (Å²) in [6, 6.07) is 10.4. The lowest BCUT2D eigenvalue weighted by Gasteiger charge is -2.00. The van der Waals surface area contributed by atoms with Crippen molar-refractivity contribution in [3.05, 3.63) is 46.1 Å². The number of hydrogen-bond donors (Lipinski definition) is 0. The van der Waals surface area contributed by atoms with E-state index in [1.165, 1.54) is 5.56 Å². The highest BCUT2D eigenvalue weighted by Gasteiger charge is 1.96. The number of nitrogens with zero attached hydrogens (tertiary/aromatic N) is 3. The molecule has 0 unspecified atom stereocenters. The average Bonchev–Trinajstić information content (AvgIpc) is 2.63. The molecule has 2 aromatic rings. The molecule has 72 valence electrons. The van der Waals surface area contributed by atoms with Crippen molar-refractivity contribution in [2.75, 3.05) is 0 Å². The first-order chi connectivity index (χ1) is 6.84. The second-order valence-corrected chi connectivity index (χ2v) is 3.98. The van der Waals surface area contributed by atoms with Crippen LogP contribution in [-0.4, -0.2) is 14.8 Å². The van der Waals surface area contributed by atoms with Crippen LogP contribution in [0.4, 0.5) is 0 Å². The van der Waals surface area contributed by atoms with E-state index in [9.17, 15) is 0 Å². The maximum absolute atomic E-state index is 4.22. The Balaban J connectivity index is 1.95. The summed E-state index contributed by atoms with van der Waals surface area (Å²) in [5, 5.41) is 4.22. The molecule has 0 aliphatic carbocycles. The van der Waals surface area contributed by atoms with Gasteiger partial charge in [-0.3, -0.25) is 4.68 Å². The van der Waals surface area contributed by atoms with Gasteiger partial charge < -0.3 is 0 Å². The summed E-state index contributed by atoms with van der Waals surface area (Å²) in [5.74, 6) is 0. The highest BCUT2D eigenvalue weighted by molar-refractivity contribution is 14.1. The van der Waals surface area contributed by atoms with Gasteiger partial charge in [-0.25, -0.2) is 4.98 Å². The molecule has 0 atom stereocenters. The minimum absolute atomic E-state index is 0.802. The van der Waals surface area contributed by atoms with E-state index in [0.29, 0.717) is 0 Å². The molecule has 0 N–H and O–H groups in total. The molecule has 4 heteroatoms. The van der Waals surface area contributed by atoms with Gasteiger partial charge in [0.1, 0.15) is 6.33 Å². The average molecular weight is 299 g/mol. The molecule has 3 nitrogen and oxygen atoms in total. The Hall–Kier alpha value is -0.910. The van der Waals surface area contributed by atoms with Crippen molar-refractivity contribution < 1.29 is 0 Å². The van der Waals surface area contributed by atoms with Gasteiger partial charge in [0.05, 0.1) is 0 Å². The SMILES string of the molecule is Ic1ncn(CCc2ccccc2)n1. The van der Waals surface area contributed by atoms with Gasteiger partial charge in [-0.2, -0.15) is 0 Å². The Morgan fingerprint density at radius 3 is 2.64 bits per heavy atom. The van der Waals surface area contributed by atoms with E-state index in [1.54, 1.807) is 6.33 Å². The van der Waals surface area contributed by atoms with Gasteiger partial charge in [-0.1, -0.05) is 30.3 Å². The third kappa shape index (κ3) is 2.54. The van der Waals surface area contributed by atoms with Crippen molar-refractivity contribution in [1.29, 1.82) is 0 Å². The van der Waals surface area contributed by atoms with E-state index >= 15 is 0 Å². The Morgan fingerprint density at radius 1 is 1.21 bits per heavy atom. The lowest BCUT2D eigenvalue weighted by molar-refractivity contribution is 0.610. The number of halogens is 1. The zero-order valence-corrected chi connectivity index (χ0v) is 9.76. The molecule has 14 heavy (non-hydrogen) atoms. The van der Waals surface area contributed by atoms with Crippen molar-refractivity contribution in [3.63, 3.8) is 0 Å². The summed E-state index contributed by atoms with van der Waals surface area (Å²) >= 11 is 2.11. The summed E-state index contributed by atoms with van der Waals surface area (Å²) in [6.45, 7) is 0.889. The summed E-state index contributed by atoms with van der Waals surface area (Å²) in [7, 11) is 0. The van der Waals surface area contributed by atoms with Crippen molar-refractivity contribution in [1.82, 2.24) is 14.8 Å². The van der Waals surface area contributed by atoms with Crippen molar-refractivity contribution >= 4 is 22.6 Å². The predicted molar refractivity (Wildman–Crippen MR) is 62.9 cm³/mol. The summed E-state index contributed by atoms with van der Waals surface area (Å²) in [4.78, 5) is 4.07. The van der Waals surface area contributed by atoms with Gasteiger partial charge in [0, 0.05) is 29.1 Å². The molecular formula is C10H10IN3. The molecule has 1 aromatic heterocycles. The van der Waals surface area contributed by atoms with E-state index in [1.807, 2.05) is 10.7 Å². The van der Waals surface area contributed by atoms with Gasteiger partial charge >= 0.3 is 0 Å². The van der Waals surface area contributed by atoms with Crippen LogP contribution < -0.4 is 0 Å². The molecule has 0 aliphatic rings. The second-order valence-electron chi connectivity index (χ2n) is 3.01. The second kappa shape index (κ2) is 4.54. The van der Waals surface area contributed by atoms with Crippen LogP contribution in [0.1, 0.15) is 5.56 Å². The van der Waals surface area contributed by atoms with Crippen LogP contribution in [-0.2, 0) is 13.0 Å². The first kappa shape index (κ1) is 9.64. The van der Waals surface area contributed by atoms with Gasteiger partial charge in [0.15, 0.2) is 0 Å². The highest BCUT2D eigenvalue weighted by atomic mass is 127. The molecule has 0 fully saturated rings. The van der Waals surface area contributed by atoms with Crippen LogP contribution in [0.15, 0.2) is 36.7 Å². The lowest BCUT2D eigenvalue weighted by atomic mass is 10.2. The number of benzene rings is 1. The molecule has 0 radical (unpaired) electrons. The molecule has 0 aliphatic heterocycles. The Labute approximate surface area is 96.3 Å². The van der Waals surface area contributed by atoms with Crippen molar-refractivity contribution in [2.45, 2.75) is 13.0 Å². The third-order valence-electron chi connectivity index (χ3n) is 1.98. The molecule has 0 bridgehead atoms. The largest absolute Gasteiger partial charge is 0.252 e. The first-order valence-corrected chi connectivity index (χ1v) is 5.51. The van der Waals surface area contributed by atoms with Gasteiger partial charge in [0.25, 0.3) is 0 Å². The predicted octanol–water partition coefficient (Wildman–Crippen LogP) is 2.13. The molecule has 1 heterocycles. The highest BCUT2D eigenvalue weighted by Crippen LogP contribution is 2.01. The summed E-state index contributed by atoms with van der Waals surface area (Å²) < 4.78 is 2.67. The quantitative estimate of drug-likeness (QED) is 0.813. The van der Waals surface area contributed by atoms with Gasteiger partial charge in [-0.05, 0) is 12.0 Å². The van der Waals surface area contributed by atoms with Crippen LogP contribution in [0.3, 0.4) is 0 Å². The first-order valence-electron chi connectivity index (χ1n) is 4.43. The zero-order chi connectivity index (χ0) is 9.80. The maximum atomic E-state index is 4.22. The lowest BCUT2D eigenvalue weighted by Crippen LogP contribution is -2.01. The Morgan fingerprint density at radius 2 is 2.00 bits per heavy atom. The topological polar surface area (TPSA) is 30.7 Å². The van der Waals surface area contributed by atoms with E-state index < -0.39 is 0 Å². The minimum atomic E-state index is 0.802. The molecule has 0 spiro atoms. The van der Waals surface area contributed by atoms with Crippen LogP contribution in [0.25, 0.3) is 0 Å². The van der Waals surface area contributed by atoms with Crippen LogP contribution >= 0.6 is 22.6 Å². The van der Waals surface area contributed by atoms with E-state index in [4.69, 9.17) is 0 Å². The fourth-order valence-corrected chi connectivity index (χ4v) is 1.67. The number of aryl methyl sites for hydroxylation is 2. The Bertz CT molecular complexity index is 397. The van der Waals surface area contributed by atoms with Crippen molar-refractivity contribution in [2.24, 2.45) is 0 Å². The third-order valence-corrected chi connectivity index (χ3v) is 2.48. The molecule has 0 amide bonds. The van der Waals surface area contributed by atoms with Gasteiger partial charge in [-0.15, -0.1) is 5.10 Å². The van der Waals surface area contributed by atoms with Crippen LogP contribution in [0.2, 0.25) is 0 Å². The number of rotatable bonds is 3. The van der Waals surface area contributed by atoms with E-state index in [2.05, 4.69) is 56.9 Å². The molecular weight excluding hydrogens is 289 g/mol. The van der Waals surface area contributed by atoms with Crippen LogP contribution in [0, 0.1) is 3.83 Å². The van der Waals surface area contributed by atoms with E-state index in [0.717, 1.165) is 16.8 Å². The maximum Gasteiger partial charge on any atom is 0.211 e. The molecule has 2 rings (SSSR count). The van der Waals surface area contributed by atoms with Gasteiger partial charge in [0.2, 0.25) is 3.83 Å². The Kier molecular flexibility index (Phi) is 3.13. The monoisotopic (exact) mass is 299 g/mol. The summed E-state index contributed by atoms with van der Waals surface area (Å²) in [6.07, 6.45) is 2.77. The molecule has 0 saturated carbocycles. The number of hydrogen-bond acceptors (Lipinski definition) is 2. The normalized spacial score (nSPS) is 10.4. The molecule has 1 aromatic carbocycles. The van der Waals surface area contributed by atoms with Crippen LogP contribution in [0.5, 0.6) is 0 Å². The minimum Gasteiger partial charge on any atom is -0.252 e. The zero-order valence-electron chi connectivity index (χ0n) is 7.60. The smallest absolute Gasteiger partial charge is 0.211 e. The van der Waals surface area contributed by atoms with Crippen molar-refractivity contribution in [3.8, 4) is 0 Å².